The number of halogens is 1. The summed E-state index contributed by atoms with van der Waals surface area (Å²) >= 11 is 3.24. The maximum Gasteiger partial charge on any atom is 0.292 e. The van der Waals surface area contributed by atoms with E-state index < -0.39 is 10.5 Å². The highest BCUT2D eigenvalue weighted by molar-refractivity contribution is 9.10. The number of nitrogens with zero attached hydrogens (tertiary/aromatic N) is 1. The molecule has 0 spiro atoms. The van der Waals surface area contributed by atoms with E-state index in [2.05, 4.69) is 21.2 Å². The molecule has 0 fully saturated rings. The van der Waals surface area contributed by atoms with Crippen molar-refractivity contribution in [2.45, 2.75) is 19.4 Å². The standard InChI is InChI=1S/C10H13BrN2O3/c1-10(2,14)6-12-8-5-7(11)3-4-9(8)13(15)16/h3-5,12,14H,6H2,1-2H3. The molecule has 0 heterocycles. The maximum atomic E-state index is 10.7. The zero-order valence-electron chi connectivity index (χ0n) is 9.03. The molecule has 0 aromatic heterocycles. The number of hydrogen-bond donors (Lipinski definition) is 2. The molecule has 0 radical (unpaired) electrons. The summed E-state index contributed by atoms with van der Waals surface area (Å²) in [5.41, 5.74) is -0.537. The number of nitro groups is 1. The molecule has 0 aliphatic heterocycles. The van der Waals surface area contributed by atoms with Gasteiger partial charge in [0.15, 0.2) is 0 Å². The molecule has 6 heteroatoms. The number of aliphatic hydroxyl groups is 1. The van der Waals surface area contributed by atoms with Crippen LogP contribution in [0.5, 0.6) is 0 Å². The van der Waals surface area contributed by atoms with E-state index in [0.29, 0.717) is 5.69 Å². The lowest BCUT2D eigenvalue weighted by atomic mass is 10.1. The number of benzene rings is 1. The second kappa shape index (κ2) is 4.80. The Labute approximate surface area is 102 Å². The lowest BCUT2D eigenvalue weighted by Crippen LogP contribution is -2.29. The summed E-state index contributed by atoms with van der Waals surface area (Å²) in [5, 5.41) is 23.1. The molecule has 0 unspecified atom stereocenters. The second-order valence-electron chi connectivity index (χ2n) is 4.08. The highest BCUT2D eigenvalue weighted by Crippen LogP contribution is 2.28. The van der Waals surface area contributed by atoms with Gasteiger partial charge in [-0.2, -0.15) is 0 Å². The summed E-state index contributed by atoms with van der Waals surface area (Å²) in [6.45, 7) is 3.50. The SMILES string of the molecule is CC(C)(O)CNc1cc(Br)ccc1[N+](=O)[O-]. The molecule has 0 bridgehead atoms. The molecule has 0 saturated heterocycles. The molecule has 0 aliphatic rings. The van der Waals surface area contributed by atoms with Crippen LogP contribution in [0.2, 0.25) is 0 Å². The fourth-order valence-corrected chi connectivity index (χ4v) is 1.48. The summed E-state index contributed by atoms with van der Waals surface area (Å²) in [7, 11) is 0. The first-order valence-corrected chi connectivity index (χ1v) is 5.49. The van der Waals surface area contributed by atoms with Crippen molar-refractivity contribution >= 4 is 27.3 Å². The van der Waals surface area contributed by atoms with E-state index in [1.165, 1.54) is 6.07 Å². The van der Waals surface area contributed by atoms with Gasteiger partial charge in [0.1, 0.15) is 5.69 Å². The Bertz CT molecular complexity index is 402. The van der Waals surface area contributed by atoms with Crippen molar-refractivity contribution in [3.63, 3.8) is 0 Å². The summed E-state index contributed by atoms with van der Waals surface area (Å²) in [4.78, 5) is 10.3. The first-order chi connectivity index (χ1) is 7.29. The maximum absolute atomic E-state index is 10.7. The van der Waals surface area contributed by atoms with Crippen LogP contribution in [0.4, 0.5) is 11.4 Å². The molecule has 5 nitrogen and oxygen atoms in total. The number of anilines is 1. The highest BCUT2D eigenvalue weighted by Gasteiger charge is 2.17. The van der Waals surface area contributed by atoms with Gasteiger partial charge < -0.3 is 10.4 Å². The summed E-state index contributed by atoms with van der Waals surface area (Å²) in [5.74, 6) is 0. The molecule has 0 amide bonds. The fraction of sp³-hybridized carbons (Fsp3) is 0.400. The van der Waals surface area contributed by atoms with Gasteiger partial charge in [-0.3, -0.25) is 10.1 Å². The lowest BCUT2D eigenvalue weighted by molar-refractivity contribution is -0.384. The van der Waals surface area contributed by atoms with Gasteiger partial charge in [-0.15, -0.1) is 0 Å². The van der Waals surface area contributed by atoms with Gasteiger partial charge in [-0.25, -0.2) is 0 Å². The minimum Gasteiger partial charge on any atom is -0.389 e. The minimum absolute atomic E-state index is 0.00699. The molecule has 88 valence electrons. The van der Waals surface area contributed by atoms with Crippen LogP contribution in [0.3, 0.4) is 0 Å². The first kappa shape index (κ1) is 12.9. The third kappa shape index (κ3) is 3.79. The molecule has 0 aliphatic carbocycles. The minimum atomic E-state index is -0.920. The lowest BCUT2D eigenvalue weighted by Gasteiger charge is -2.18. The van der Waals surface area contributed by atoms with Crippen LogP contribution in [0.15, 0.2) is 22.7 Å². The van der Waals surface area contributed by atoms with Crippen molar-refractivity contribution in [3.8, 4) is 0 Å². The molecule has 16 heavy (non-hydrogen) atoms. The zero-order valence-corrected chi connectivity index (χ0v) is 10.6. The van der Waals surface area contributed by atoms with Gasteiger partial charge in [0, 0.05) is 17.1 Å². The van der Waals surface area contributed by atoms with E-state index in [1.54, 1.807) is 26.0 Å². The topological polar surface area (TPSA) is 75.4 Å². The molecule has 1 rings (SSSR count). The van der Waals surface area contributed by atoms with Crippen molar-refractivity contribution in [1.29, 1.82) is 0 Å². The molecular weight excluding hydrogens is 276 g/mol. The number of hydrogen-bond acceptors (Lipinski definition) is 4. The first-order valence-electron chi connectivity index (χ1n) is 4.70. The van der Waals surface area contributed by atoms with Crippen molar-refractivity contribution in [2.24, 2.45) is 0 Å². The fourth-order valence-electron chi connectivity index (χ4n) is 1.12. The molecule has 1 aromatic carbocycles. The predicted octanol–water partition coefficient (Wildman–Crippen LogP) is 2.54. The van der Waals surface area contributed by atoms with E-state index >= 15 is 0 Å². The van der Waals surface area contributed by atoms with Crippen molar-refractivity contribution < 1.29 is 10.0 Å². The van der Waals surface area contributed by atoms with Gasteiger partial charge in [0.2, 0.25) is 0 Å². The molecular formula is C10H13BrN2O3. The van der Waals surface area contributed by atoms with Crippen molar-refractivity contribution in [3.05, 3.63) is 32.8 Å². The van der Waals surface area contributed by atoms with Crippen LogP contribution < -0.4 is 5.32 Å². The third-order valence-corrected chi connectivity index (χ3v) is 2.36. The Balaban J connectivity index is 2.93. The molecule has 1 aromatic rings. The summed E-state index contributed by atoms with van der Waals surface area (Å²) < 4.78 is 0.747. The number of nitrogens with one attached hydrogen (secondary N) is 1. The average Bonchev–Trinajstić information content (AvgIpc) is 2.13. The second-order valence-corrected chi connectivity index (χ2v) is 5.00. The average molecular weight is 289 g/mol. The normalized spacial score (nSPS) is 11.2. The predicted molar refractivity (Wildman–Crippen MR) is 65.6 cm³/mol. The van der Waals surface area contributed by atoms with E-state index in [0.717, 1.165) is 4.47 Å². The Morgan fingerprint density at radius 1 is 1.56 bits per heavy atom. The molecule has 0 atom stereocenters. The van der Waals surface area contributed by atoms with E-state index in [1.807, 2.05) is 0 Å². The Hall–Kier alpha value is -1.14. The van der Waals surface area contributed by atoms with Crippen LogP contribution in [0.25, 0.3) is 0 Å². The van der Waals surface area contributed by atoms with Crippen LogP contribution in [-0.4, -0.2) is 22.2 Å². The largest absolute Gasteiger partial charge is 0.389 e. The van der Waals surface area contributed by atoms with Gasteiger partial charge >= 0.3 is 0 Å². The third-order valence-electron chi connectivity index (χ3n) is 1.87. The van der Waals surface area contributed by atoms with Gasteiger partial charge in [0.05, 0.1) is 10.5 Å². The monoisotopic (exact) mass is 288 g/mol. The molecule has 0 saturated carbocycles. The van der Waals surface area contributed by atoms with E-state index in [4.69, 9.17) is 0 Å². The van der Waals surface area contributed by atoms with Crippen molar-refractivity contribution in [2.75, 3.05) is 11.9 Å². The van der Waals surface area contributed by atoms with Crippen molar-refractivity contribution in [1.82, 2.24) is 0 Å². The van der Waals surface area contributed by atoms with Crippen LogP contribution in [0.1, 0.15) is 13.8 Å². The Morgan fingerprint density at radius 2 is 2.19 bits per heavy atom. The smallest absolute Gasteiger partial charge is 0.292 e. The Kier molecular flexibility index (Phi) is 3.88. The van der Waals surface area contributed by atoms with E-state index in [-0.39, 0.29) is 12.2 Å². The zero-order chi connectivity index (χ0) is 12.3. The van der Waals surface area contributed by atoms with Crippen LogP contribution in [-0.2, 0) is 0 Å². The number of nitro benzene ring substituents is 1. The van der Waals surface area contributed by atoms with Crippen LogP contribution in [0, 0.1) is 10.1 Å². The molecule has 2 N–H and O–H groups in total. The van der Waals surface area contributed by atoms with Gasteiger partial charge in [-0.1, -0.05) is 15.9 Å². The Morgan fingerprint density at radius 3 is 2.69 bits per heavy atom. The van der Waals surface area contributed by atoms with Gasteiger partial charge in [0.25, 0.3) is 5.69 Å². The quantitative estimate of drug-likeness (QED) is 0.659. The van der Waals surface area contributed by atoms with Gasteiger partial charge in [-0.05, 0) is 26.0 Å². The highest BCUT2D eigenvalue weighted by atomic mass is 79.9. The van der Waals surface area contributed by atoms with E-state index in [9.17, 15) is 15.2 Å². The summed E-state index contributed by atoms with van der Waals surface area (Å²) in [6.07, 6.45) is 0. The van der Waals surface area contributed by atoms with Crippen LogP contribution >= 0.6 is 15.9 Å². The number of rotatable bonds is 4. The summed E-state index contributed by atoms with van der Waals surface area (Å²) in [6, 6.07) is 4.63.